The molecule has 0 radical (unpaired) electrons. The first-order valence-electron chi connectivity index (χ1n) is 11.9. The first-order chi connectivity index (χ1) is 16.0. The number of hydrogen-bond acceptors (Lipinski definition) is 9. The van der Waals surface area contributed by atoms with Crippen molar-refractivity contribution in [1.29, 1.82) is 0 Å². The number of H-pyrrole nitrogens is 1. The first kappa shape index (κ1) is 23.3. The normalized spacial score (nSPS) is 55.7. The molecule has 6 N–H and O–H groups in total. The fraction of sp³-hybridized carbons (Fsp3) is 0.680. The van der Waals surface area contributed by atoms with Crippen molar-refractivity contribution in [3.8, 4) is 0 Å². The van der Waals surface area contributed by atoms with Gasteiger partial charge < -0.3 is 40.0 Å². The first-order valence-corrected chi connectivity index (χ1v) is 11.9. The van der Waals surface area contributed by atoms with E-state index in [9.17, 15) is 35.1 Å². The zero-order valence-corrected chi connectivity index (χ0v) is 20.1. The maximum absolute atomic E-state index is 13.8. The minimum atomic E-state index is -2.75. The van der Waals surface area contributed by atoms with Crippen molar-refractivity contribution in [2.75, 3.05) is 0 Å². The van der Waals surface area contributed by atoms with E-state index in [1.807, 2.05) is 0 Å². The third-order valence-electron chi connectivity index (χ3n) is 10.8. The molecule has 10 nitrogen and oxygen atoms in total. The highest BCUT2D eigenvalue weighted by Crippen LogP contribution is 2.90. The Balaban J connectivity index is 1.71. The maximum Gasteiger partial charge on any atom is 0.355 e. The predicted molar refractivity (Wildman–Crippen MR) is 118 cm³/mol. The van der Waals surface area contributed by atoms with Gasteiger partial charge >= 0.3 is 5.97 Å². The number of carbonyl (C=O) groups excluding carboxylic acids is 2. The van der Waals surface area contributed by atoms with E-state index in [-0.39, 0.29) is 24.1 Å². The quantitative estimate of drug-likeness (QED) is 0.252. The van der Waals surface area contributed by atoms with E-state index in [4.69, 9.17) is 9.47 Å². The second kappa shape index (κ2) is 5.74. The number of aromatic nitrogens is 1. The molecule has 4 aliphatic carbocycles. The molecular weight excluding hydrogens is 458 g/mol. The highest BCUT2D eigenvalue weighted by Gasteiger charge is 3.10. The van der Waals surface area contributed by atoms with Gasteiger partial charge in [-0.2, -0.15) is 0 Å². The highest BCUT2D eigenvalue weighted by atomic mass is 16.7. The molecule has 190 valence electrons. The molecule has 6 bridgehead atoms. The van der Waals surface area contributed by atoms with Crippen molar-refractivity contribution < 1.29 is 44.6 Å². The number of rotatable bonds is 3. The van der Waals surface area contributed by atoms with Gasteiger partial charge in [0.25, 0.3) is 0 Å². The van der Waals surface area contributed by atoms with Crippen molar-refractivity contribution in [3.05, 3.63) is 36.2 Å². The Bertz CT molecular complexity index is 1210. The number of Topliss-reactive ketones (excluding diaryl/α,β-unsaturated/α-hetero) is 1. The van der Waals surface area contributed by atoms with E-state index in [0.717, 1.165) is 0 Å². The lowest BCUT2D eigenvalue weighted by Crippen LogP contribution is -2.73. The Labute approximate surface area is 201 Å². The van der Waals surface area contributed by atoms with Gasteiger partial charge in [0.15, 0.2) is 28.9 Å². The number of aromatic amines is 1. The van der Waals surface area contributed by atoms with Crippen LogP contribution in [-0.4, -0.2) is 82.2 Å². The number of esters is 1. The summed E-state index contributed by atoms with van der Waals surface area (Å²) >= 11 is 0. The van der Waals surface area contributed by atoms with Crippen LogP contribution in [-0.2, 0) is 14.3 Å². The molecule has 3 heterocycles. The summed E-state index contributed by atoms with van der Waals surface area (Å²) in [5.41, 5.74) is -16.2. The minimum absolute atomic E-state index is 0.0367. The van der Waals surface area contributed by atoms with Crippen LogP contribution >= 0.6 is 0 Å². The molecule has 0 amide bonds. The molecule has 1 aromatic rings. The Morgan fingerprint density at radius 2 is 1.89 bits per heavy atom. The summed E-state index contributed by atoms with van der Waals surface area (Å²) in [4.78, 5) is 29.7. The van der Waals surface area contributed by atoms with Crippen LogP contribution in [0.2, 0.25) is 0 Å². The molecule has 35 heavy (non-hydrogen) atoms. The molecule has 4 saturated carbocycles. The van der Waals surface area contributed by atoms with Crippen LogP contribution in [0.3, 0.4) is 0 Å². The van der Waals surface area contributed by atoms with Gasteiger partial charge in [0, 0.05) is 18.0 Å². The standard InChI is InChI=1S/C25H31NO9/c1-12(2)22(31)17(34-16(28)14-7-6-10-26-14)23(32)18(4)11-21(30)19(22,5)25(23,33)24(35-21)15(27)13(3)8-9-20(18,24)29/h6-7,10,12,17,26,29-33H,3,8-9,11H2,1-2,4-5H3/t17-,18+,19-,20+,21+,22-,23-,24-,25-/m1/s1. The summed E-state index contributed by atoms with van der Waals surface area (Å²) in [7, 11) is 0. The van der Waals surface area contributed by atoms with Crippen LogP contribution in [0, 0.1) is 16.7 Å². The number of ether oxygens (including phenoxy) is 2. The lowest BCUT2D eigenvalue weighted by molar-refractivity contribution is -0.368. The third-order valence-corrected chi connectivity index (χ3v) is 10.8. The van der Waals surface area contributed by atoms with E-state index in [1.54, 1.807) is 19.9 Å². The number of hydrogen-bond donors (Lipinski definition) is 6. The molecule has 7 rings (SSSR count). The van der Waals surface area contributed by atoms with Crippen molar-refractivity contribution in [2.24, 2.45) is 16.7 Å². The van der Waals surface area contributed by atoms with E-state index in [1.165, 1.54) is 26.1 Å². The number of nitrogens with one attached hydrogen (secondary N) is 1. The summed E-state index contributed by atoms with van der Waals surface area (Å²) in [5.74, 6) is -4.93. The van der Waals surface area contributed by atoms with E-state index in [2.05, 4.69) is 11.6 Å². The summed E-state index contributed by atoms with van der Waals surface area (Å²) in [6, 6.07) is 3.02. The highest BCUT2D eigenvalue weighted by molar-refractivity contribution is 6.07. The smallest absolute Gasteiger partial charge is 0.355 e. The second-order valence-corrected chi connectivity index (χ2v) is 11.8. The van der Waals surface area contributed by atoms with E-state index < -0.39 is 74.8 Å². The van der Waals surface area contributed by atoms with Crippen LogP contribution in [0.25, 0.3) is 0 Å². The Kier molecular flexibility index (Phi) is 3.82. The van der Waals surface area contributed by atoms with Gasteiger partial charge in [0.1, 0.15) is 22.5 Å². The number of ketones is 1. The third kappa shape index (κ3) is 1.67. The fourth-order valence-corrected chi connectivity index (χ4v) is 9.06. The SMILES string of the molecule is C=C1CC[C@]2(O)[C@]3(C)C[C@]4(O)O[C@@]2(C1=O)[C@]1(O)[C@@]3(O)[C@H](OC(=O)c2ccc[nH]2)[C@](O)(C(C)C)[C@]14C. The van der Waals surface area contributed by atoms with Crippen molar-refractivity contribution in [1.82, 2.24) is 4.98 Å². The molecule has 1 aromatic heterocycles. The van der Waals surface area contributed by atoms with E-state index >= 15 is 0 Å². The van der Waals surface area contributed by atoms with Crippen LogP contribution in [0.5, 0.6) is 0 Å². The van der Waals surface area contributed by atoms with Gasteiger partial charge in [0.05, 0.1) is 5.41 Å². The summed E-state index contributed by atoms with van der Waals surface area (Å²) in [5, 5.41) is 62.0. The second-order valence-electron chi connectivity index (χ2n) is 11.8. The summed E-state index contributed by atoms with van der Waals surface area (Å²) in [6.45, 7) is 9.73. The average molecular weight is 490 g/mol. The van der Waals surface area contributed by atoms with Crippen molar-refractivity contribution in [2.45, 2.75) is 86.9 Å². The maximum atomic E-state index is 13.8. The molecule has 1 spiro atoms. The molecule has 2 saturated heterocycles. The molecule has 10 heteroatoms. The molecule has 0 unspecified atom stereocenters. The summed E-state index contributed by atoms with van der Waals surface area (Å²) in [6.07, 6.45) is -0.768. The molecule has 0 aromatic carbocycles. The fourth-order valence-electron chi connectivity index (χ4n) is 9.06. The minimum Gasteiger partial charge on any atom is -0.451 e. The monoisotopic (exact) mass is 489 g/mol. The van der Waals surface area contributed by atoms with E-state index in [0.29, 0.717) is 0 Å². The number of carbonyl (C=O) groups is 2. The lowest BCUT2D eigenvalue weighted by atomic mass is 9.52. The van der Waals surface area contributed by atoms with Crippen molar-refractivity contribution >= 4 is 11.8 Å². The zero-order chi connectivity index (χ0) is 25.8. The molecule has 9 atom stereocenters. The molecule has 6 fully saturated rings. The average Bonchev–Trinajstić information content (AvgIpc) is 3.41. The molecular formula is C25H31NO9. The lowest BCUT2D eigenvalue weighted by Gasteiger charge is -2.59. The topological polar surface area (TPSA) is 170 Å². The van der Waals surface area contributed by atoms with Gasteiger partial charge in [-0.25, -0.2) is 4.79 Å². The molecule has 2 aliphatic heterocycles. The Hall–Kier alpha value is -2.08. The van der Waals surface area contributed by atoms with Gasteiger partial charge in [-0.15, -0.1) is 0 Å². The van der Waals surface area contributed by atoms with Gasteiger partial charge in [-0.05, 0) is 43.4 Å². The van der Waals surface area contributed by atoms with Gasteiger partial charge in [-0.3, -0.25) is 4.79 Å². The Morgan fingerprint density at radius 1 is 1.23 bits per heavy atom. The summed E-state index contributed by atoms with van der Waals surface area (Å²) < 4.78 is 11.8. The van der Waals surface area contributed by atoms with Crippen LogP contribution in [0.15, 0.2) is 30.5 Å². The van der Waals surface area contributed by atoms with Crippen LogP contribution in [0.4, 0.5) is 0 Å². The zero-order valence-electron chi connectivity index (χ0n) is 20.1. The number of aliphatic hydroxyl groups is 5. The largest absolute Gasteiger partial charge is 0.451 e. The van der Waals surface area contributed by atoms with Crippen LogP contribution in [0.1, 0.15) is 57.4 Å². The van der Waals surface area contributed by atoms with Crippen LogP contribution < -0.4 is 0 Å². The predicted octanol–water partition coefficient (Wildman–Crippen LogP) is -0.0593. The van der Waals surface area contributed by atoms with Gasteiger partial charge in [0.2, 0.25) is 0 Å². The Morgan fingerprint density at radius 3 is 2.46 bits per heavy atom. The van der Waals surface area contributed by atoms with Crippen molar-refractivity contribution in [3.63, 3.8) is 0 Å². The van der Waals surface area contributed by atoms with Gasteiger partial charge in [-0.1, -0.05) is 27.4 Å². The molecule has 6 aliphatic rings.